The quantitative estimate of drug-likeness (QED) is 0.439. The zero-order valence-corrected chi connectivity index (χ0v) is 22.0. The highest BCUT2D eigenvalue weighted by atomic mass is 16.5. The standard InChI is InChI=1S/C30H30N4O6/c35-26-14-18(19-4-1-2-7-24(19)33-10-12-40-13-11-33)15-27(36)21(26)16-31-23-6-3-5-20-22(23)17-34(30(20)39)25-8-9-28(37)32-29(25)38/h1-7,16,18,25,35H,8-15,17H2,(H,32,37,38). The highest BCUT2D eigenvalue weighted by molar-refractivity contribution is 6.15. The maximum atomic E-state index is 13.2. The second-order valence-electron chi connectivity index (χ2n) is 10.5. The predicted octanol–water partition coefficient (Wildman–Crippen LogP) is 2.95. The third-order valence-electron chi connectivity index (χ3n) is 8.10. The Labute approximate surface area is 231 Å². The van der Waals surface area contributed by atoms with Gasteiger partial charge in [0.2, 0.25) is 11.8 Å². The van der Waals surface area contributed by atoms with Gasteiger partial charge in [0, 0.05) is 67.8 Å². The first kappa shape index (κ1) is 25.9. The van der Waals surface area contributed by atoms with Gasteiger partial charge in [-0.1, -0.05) is 24.3 Å². The van der Waals surface area contributed by atoms with Crippen LogP contribution >= 0.6 is 0 Å². The van der Waals surface area contributed by atoms with Gasteiger partial charge in [-0.05, 0) is 30.2 Å². The molecule has 2 aromatic rings. The lowest BCUT2D eigenvalue weighted by Crippen LogP contribution is -2.52. The Bertz CT molecular complexity index is 1460. The molecule has 0 aromatic heterocycles. The Balaban J connectivity index is 1.22. The first-order valence-electron chi connectivity index (χ1n) is 13.6. The van der Waals surface area contributed by atoms with Crippen molar-refractivity contribution in [1.29, 1.82) is 0 Å². The van der Waals surface area contributed by atoms with E-state index in [4.69, 9.17) is 4.74 Å². The zero-order chi connectivity index (χ0) is 27.8. The van der Waals surface area contributed by atoms with Crippen molar-refractivity contribution in [3.05, 3.63) is 70.5 Å². The molecule has 2 saturated heterocycles. The van der Waals surface area contributed by atoms with Crippen LogP contribution in [0.25, 0.3) is 0 Å². The van der Waals surface area contributed by atoms with Crippen LogP contribution in [0, 0.1) is 0 Å². The van der Waals surface area contributed by atoms with Crippen LogP contribution in [0.4, 0.5) is 11.4 Å². The number of carbonyl (C=O) groups is 4. The van der Waals surface area contributed by atoms with Crippen molar-refractivity contribution in [3.63, 3.8) is 0 Å². The van der Waals surface area contributed by atoms with E-state index in [1.54, 1.807) is 18.2 Å². The number of hydrogen-bond donors (Lipinski definition) is 2. The van der Waals surface area contributed by atoms with E-state index in [0.717, 1.165) is 24.3 Å². The number of benzene rings is 2. The number of piperidine rings is 1. The summed E-state index contributed by atoms with van der Waals surface area (Å²) < 4.78 is 5.49. The Morgan fingerprint density at radius 2 is 1.80 bits per heavy atom. The number of ketones is 1. The molecule has 2 unspecified atom stereocenters. The molecule has 3 heterocycles. The summed E-state index contributed by atoms with van der Waals surface area (Å²) in [6.45, 7) is 3.05. The number of anilines is 1. The van der Waals surface area contributed by atoms with Crippen LogP contribution in [0.2, 0.25) is 0 Å². The minimum atomic E-state index is -0.724. The van der Waals surface area contributed by atoms with Gasteiger partial charge in [-0.15, -0.1) is 0 Å². The lowest BCUT2D eigenvalue weighted by Gasteiger charge is -2.33. The molecule has 0 spiro atoms. The fourth-order valence-electron chi connectivity index (χ4n) is 6.03. The van der Waals surface area contributed by atoms with Gasteiger partial charge in [0.25, 0.3) is 5.91 Å². The molecule has 10 nitrogen and oxygen atoms in total. The summed E-state index contributed by atoms with van der Waals surface area (Å²) in [4.78, 5) is 58.5. The summed E-state index contributed by atoms with van der Waals surface area (Å²) in [6.07, 6.45) is 2.41. The van der Waals surface area contributed by atoms with Gasteiger partial charge in [0.1, 0.15) is 11.8 Å². The first-order chi connectivity index (χ1) is 19.4. The number of allylic oxidation sites excluding steroid dienone is 2. The second-order valence-corrected chi connectivity index (χ2v) is 10.5. The summed E-state index contributed by atoms with van der Waals surface area (Å²) >= 11 is 0. The van der Waals surface area contributed by atoms with Crippen LogP contribution in [0.1, 0.15) is 53.1 Å². The summed E-state index contributed by atoms with van der Waals surface area (Å²) in [5.74, 6) is -1.45. The highest BCUT2D eigenvalue weighted by Crippen LogP contribution is 2.39. The maximum absolute atomic E-state index is 13.2. The van der Waals surface area contributed by atoms with Crippen LogP contribution in [0.5, 0.6) is 0 Å². The molecule has 0 saturated carbocycles. The van der Waals surface area contributed by atoms with Gasteiger partial charge in [-0.2, -0.15) is 0 Å². The molecule has 10 heteroatoms. The lowest BCUT2D eigenvalue weighted by atomic mass is 9.82. The third-order valence-corrected chi connectivity index (χ3v) is 8.10. The number of hydrogen-bond acceptors (Lipinski definition) is 8. The van der Waals surface area contributed by atoms with Gasteiger partial charge in [0.15, 0.2) is 5.78 Å². The van der Waals surface area contributed by atoms with Crippen LogP contribution in [-0.2, 0) is 25.7 Å². The Kier molecular flexibility index (Phi) is 6.93. The SMILES string of the molecule is O=C1CCC(N2Cc3c(N=CC4=C(O)CC(c5ccccc5N5CCOCC5)CC4=O)cccc3C2=O)C(=O)N1. The molecule has 40 heavy (non-hydrogen) atoms. The third kappa shape index (κ3) is 4.79. The number of para-hydroxylation sites is 1. The summed E-state index contributed by atoms with van der Waals surface area (Å²) in [7, 11) is 0. The Morgan fingerprint density at radius 3 is 2.58 bits per heavy atom. The minimum absolute atomic E-state index is 0.00407. The molecular formula is C30H30N4O6. The number of nitrogens with one attached hydrogen (secondary N) is 1. The number of morpholine rings is 1. The van der Waals surface area contributed by atoms with Crippen molar-refractivity contribution in [2.24, 2.45) is 4.99 Å². The number of aliphatic hydroxyl groups is 1. The van der Waals surface area contributed by atoms with Crippen molar-refractivity contribution >= 4 is 41.1 Å². The normalized spacial score (nSPS) is 23.7. The summed E-state index contributed by atoms with van der Waals surface area (Å²) in [5, 5.41) is 13.3. The molecule has 3 amide bonds. The van der Waals surface area contributed by atoms with E-state index in [-0.39, 0.29) is 60.7 Å². The molecule has 1 aliphatic carbocycles. The van der Waals surface area contributed by atoms with E-state index in [0.29, 0.717) is 36.4 Å². The van der Waals surface area contributed by atoms with Gasteiger partial charge in [-0.25, -0.2) is 0 Å². The number of carbonyl (C=O) groups excluding carboxylic acids is 4. The fraction of sp³-hybridized carbons (Fsp3) is 0.367. The molecule has 3 aliphatic heterocycles. The average molecular weight is 543 g/mol. The smallest absolute Gasteiger partial charge is 0.255 e. The highest BCUT2D eigenvalue weighted by Gasteiger charge is 2.40. The van der Waals surface area contributed by atoms with E-state index in [2.05, 4.69) is 21.3 Å². The van der Waals surface area contributed by atoms with Crippen molar-refractivity contribution in [2.45, 2.75) is 44.2 Å². The monoisotopic (exact) mass is 542 g/mol. The molecular weight excluding hydrogens is 512 g/mol. The van der Waals surface area contributed by atoms with E-state index in [1.807, 2.05) is 18.2 Å². The number of Topliss-reactive ketones (excluding diaryl/α,β-unsaturated/α-hetero) is 1. The topological polar surface area (TPSA) is 129 Å². The van der Waals surface area contributed by atoms with Crippen LogP contribution in [-0.4, -0.2) is 72.1 Å². The fourth-order valence-corrected chi connectivity index (χ4v) is 6.03. The minimum Gasteiger partial charge on any atom is -0.511 e. The molecule has 206 valence electrons. The average Bonchev–Trinajstić information content (AvgIpc) is 3.29. The lowest BCUT2D eigenvalue weighted by molar-refractivity contribution is -0.137. The molecule has 6 rings (SSSR count). The number of ether oxygens (including phenoxy) is 1. The van der Waals surface area contributed by atoms with E-state index in [9.17, 15) is 24.3 Å². The van der Waals surface area contributed by atoms with E-state index >= 15 is 0 Å². The van der Waals surface area contributed by atoms with Gasteiger partial charge >= 0.3 is 0 Å². The summed E-state index contributed by atoms with van der Waals surface area (Å²) in [6, 6.07) is 12.4. The van der Waals surface area contributed by atoms with Crippen molar-refractivity contribution in [3.8, 4) is 0 Å². The molecule has 2 N–H and O–H groups in total. The Morgan fingerprint density at radius 1 is 1.00 bits per heavy atom. The van der Waals surface area contributed by atoms with Crippen molar-refractivity contribution in [1.82, 2.24) is 10.2 Å². The zero-order valence-electron chi connectivity index (χ0n) is 22.0. The summed E-state index contributed by atoms with van der Waals surface area (Å²) in [5.41, 5.74) is 3.85. The van der Waals surface area contributed by atoms with E-state index < -0.39 is 11.9 Å². The molecule has 0 radical (unpaired) electrons. The van der Waals surface area contributed by atoms with Crippen LogP contribution in [0.15, 0.2) is 58.8 Å². The van der Waals surface area contributed by atoms with Crippen LogP contribution in [0.3, 0.4) is 0 Å². The number of aliphatic hydroxyl groups excluding tert-OH is 1. The van der Waals surface area contributed by atoms with Crippen molar-refractivity contribution in [2.75, 3.05) is 31.2 Å². The molecule has 2 fully saturated rings. The number of rotatable bonds is 5. The van der Waals surface area contributed by atoms with Gasteiger partial charge < -0.3 is 19.6 Å². The number of aliphatic imine (C=N–C) groups is 1. The number of amides is 3. The van der Waals surface area contributed by atoms with E-state index in [1.165, 1.54) is 11.1 Å². The molecule has 2 atom stereocenters. The number of nitrogens with zero attached hydrogens (tertiary/aromatic N) is 3. The van der Waals surface area contributed by atoms with Crippen molar-refractivity contribution < 1.29 is 29.0 Å². The molecule has 4 aliphatic rings. The Hall–Kier alpha value is -4.31. The molecule has 0 bridgehead atoms. The van der Waals surface area contributed by atoms with Gasteiger partial charge in [0.05, 0.1) is 24.5 Å². The molecule has 2 aromatic carbocycles. The second kappa shape index (κ2) is 10.7. The predicted molar refractivity (Wildman–Crippen MR) is 147 cm³/mol. The maximum Gasteiger partial charge on any atom is 0.255 e. The largest absolute Gasteiger partial charge is 0.511 e. The number of fused-ring (bicyclic) bond motifs is 1. The number of imide groups is 1. The van der Waals surface area contributed by atoms with Crippen LogP contribution < -0.4 is 10.2 Å². The van der Waals surface area contributed by atoms with Gasteiger partial charge in [-0.3, -0.25) is 29.5 Å². The first-order valence-corrected chi connectivity index (χ1v) is 13.6.